The Morgan fingerprint density at radius 3 is 2.44 bits per heavy atom. The first-order valence-corrected chi connectivity index (χ1v) is 15.0. The Hall–Kier alpha value is -2.81. The number of nitrogens with one attached hydrogen (secondary N) is 2. The van der Waals surface area contributed by atoms with Crippen molar-refractivity contribution in [3.63, 3.8) is 0 Å². The highest BCUT2D eigenvalue weighted by Gasteiger charge is 2.47. The van der Waals surface area contributed by atoms with Gasteiger partial charge in [0, 0.05) is 40.7 Å². The zero-order valence-corrected chi connectivity index (χ0v) is 25.4. The number of benzene rings is 3. The number of methoxy groups -OCH3 is 1. The Bertz CT molecular complexity index is 1520. The van der Waals surface area contributed by atoms with Crippen molar-refractivity contribution < 1.29 is 19.2 Å². The zero-order valence-electron chi connectivity index (χ0n) is 23.1. The second-order valence-electron chi connectivity index (χ2n) is 11.3. The van der Waals surface area contributed by atoms with Gasteiger partial charge >= 0.3 is 12.0 Å². The molecule has 2 saturated heterocycles. The molecule has 2 N–H and O–H groups in total. The largest absolute Gasteiger partial charge is 0.465 e. The predicted molar refractivity (Wildman–Crippen MR) is 163 cm³/mol. The number of urea groups is 1. The van der Waals surface area contributed by atoms with Gasteiger partial charge in [-0.2, -0.15) is 0 Å². The first-order chi connectivity index (χ1) is 19.7. The number of quaternary nitrogens is 1. The number of esters is 1. The van der Waals surface area contributed by atoms with Gasteiger partial charge in [0.25, 0.3) is 0 Å². The third-order valence-corrected chi connectivity index (χ3v) is 9.50. The lowest BCUT2D eigenvalue weighted by molar-refractivity contribution is -0.930. The molecule has 7 nitrogen and oxygen atoms in total. The van der Waals surface area contributed by atoms with Crippen LogP contribution in [-0.2, 0) is 17.8 Å². The number of amides is 2. The monoisotopic (exact) mass is 613 g/mol. The van der Waals surface area contributed by atoms with Crippen LogP contribution in [0.2, 0.25) is 15.1 Å². The van der Waals surface area contributed by atoms with Crippen LogP contribution in [-0.4, -0.2) is 55.2 Å². The Balaban J connectivity index is 1.46. The Morgan fingerprint density at radius 1 is 1.07 bits per heavy atom. The van der Waals surface area contributed by atoms with Gasteiger partial charge in [0.15, 0.2) is 0 Å². The predicted octanol–water partition coefficient (Wildman–Crippen LogP) is 5.71. The highest BCUT2D eigenvalue weighted by atomic mass is 35.5. The molecular weight excluding hydrogens is 583 g/mol. The van der Waals surface area contributed by atoms with Gasteiger partial charge in [-0.25, -0.2) is 9.59 Å². The van der Waals surface area contributed by atoms with Crippen LogP contribution < -0.4 is 15.1 Å². The van der Waals surface area contributed by atoms with E-state index >= 15 is 0 Å². The minimum Gasteiger partial charge on any atom is -0.465 e. The fourth-order valence-corrected chi connectivity index (χ4v) is 7.62. The molecule has 2 amide bonds. The van der Waals surface area contributed by atoms with Gasteiger partial charge in [-0.05, 0) is 49.7 Å². The van der Waals surface area contributed by atoms with Gasteiger partial charge in [-0.3, -0.25) is 9.80 Å². The number of carbonyl (C=O) groups excluding carboxylic acids is 2. The summed E-state index contributed by atoms with van der Waals surface area (Å²) in [5.74, 6) is -0.564. The van der Waals surface area contributed by atoms with Crippen molar-refractivity contribution in [3.05, 3.63) is 80.3 Å². The molecule has 0 aliphatic carbocycles. The molecule has 6 rings (SSSR count). The molecule has 0 saturated carbocycles. The van der Waals surface area contributed by atoms with Crippen LogP contribution in [0.1, 0.15) is 41.8 Å². The highest BCUT2D eigenvalue weighted by molar-refractivity contribution is 6.41. The lowest BCUT2D eigenvalue weighted by Gasteiger charge is -2.35. The summed E-state index contributed by atoms with van der Waals surface area (Å²) >= 11 is 20.1. The van der Waals surface area contributed by atoms with Gasteiger partial charge < -0.3 is 15.0 Å². The molecule has 3 atom stereocenters. The number of likely N-dealkylation sites (tertiary alicyclic amines) is 2. The van der Waals surface area contributed by atoms with Crippen molar-refractivity contribution in [1.82, 2.24) is 10.2 Å². The lowest BCUT2D eigenvalue weighted by atomic mass is 9.93. The molecule has 2 fully saturated rings. The number of anilines is 2. The Morgan fingerprint density at radius 2 is 1.80 bits per heavy atom. The second-order valence-corrected chi connectivity index (χ2v) is 12.5. The van der Waals surface area contributed by atoms with E-state index in [1.54, 1.807) is 4.90 Å². The minimum atomic E-state index is -0.564. The van der Waals surface area contributed by atoms with Crippen LogP contribution in [0.25, 0.3) is 11.1 Å². The molecule has 3 heterocycles. The fraction of sp³-hybridized carbons (Fsp3) is 0.355. The number of hydrogen-bond acceptors (Lipinski definition) is 4. The molecule has 3 unspecified atom stereocenters. The van der Waals surface area contributed by atoms with E-state index in [1.807, 2.05) is 24.3 Å². The van der Waals surface area contributed by atoms with Crippen LogP contribution >= 0.6 is 34.8 Å². The zero-order chi connectivity index (χ0) is 29.0. The summed E-state index contributed by atoms with van der Waals surface area (Å²) in [6.45, 7) is 7.90. The molecule has 3 aliphatic rings. The van der Waals surface area contributed by atoms with Crippen molar-refractivity contribution in [1.29, 1.82) is 0 Å². The highest BCUT2D eigenvalue weighted by Crippen LogP contribution is 2.45. The van der Waals surface area contributed by atoms with Gasteiger partial charge in [0.2, 0.25) is 0 Å². The number of hydrogen-bond donors (Lipinski definition) is 2. The standard InChI is InChI=1S/C31H31Cl3N4O3/c1-17(2)37-16-20-12-21(37)15-36(20)14-18-8-23(22-6-4-5-7-25(22)32)24-13-35-31(40)38(28(24)9-18)29-26(33)10-19(11-27(29)34)30(39)41-3/h4-11,17,20-21H,12-16H2,1-3H3,(H,35,40)/p+1. The van der Waals surface area contributed by atoms with E-state index in [9.17, 15) is 9.59 Å². The average Bonchev–Trinajstić information content (AvgIpc) is 3.54. The first-order valence-electron chi connectivity index (χ1n) is 13.8. The summed E-state index contributed by atoms with van der Waals surface area (Å²) in [5.41, 5.74) is 5.08. The summed E-state index contributed by atoms with van der Waals surface area (Å²) in [7, 11) is 1.29. The molecule has 10 heteroatoms. The number of piperazine rings is 1. The topological polar surface area (TPSA) is 66.3 Å². The number of carbonyl (C=O) groups is 2. The van der Waals surface area contributed by atoms with E-state index in [0.29, 0.717) is 41.1 Å². The number of nitrogens with zero attached hydrogens (tertiary/aromatic N) is 2. The summed E-state index contributed by atoms with van der Waals surface area (Å²) in [4.78, 5) is 31.3. The third kappa shape index (κ3) is 5.08. The van der Waals surface area contributed by atoms with Crippen LogP contribution in [0.3, 0.4) is 0 Å². The maximum Gasteiger partial charge on any atom is 0.337 e. The fourth-order valence-electron chi connectivity index (χ4n) is 6.73. The van der Waals surface area contributed by atoms with Crippen LogP contribution in [0.4, 0.5) is 16.2 Å². The van der Waals surface area contributed by atoms with E-state index in [1.165, 1.54) is 30.6 Å². The third-order valence-electron chi connectivity index (χ3n) is 8.60. The molecule has 41 heavy (non-hydrogen) atoms. The van der Waals surface area contributed by atoms with Crippen LogP contribution in [0.5, 0.6) is 0 Å². The molecule has 0 aromatic heterocycles. The van der Waals surface area contributed by atoms with Crippen LogP contribution in [0.15, 0.2) is 48.5 Å². The Kier molecular flexibility index (Phi) is 7.68. The maximum atomic E-state index is 13.5. The molecule has 0 radical (unpaired) electrons. The van der Waals surface area contributed by atoms with Gasteiger partial charge in [-0.1, -0.05) is 53.0 Å². The molecular formula is C31H32Cl3N4O3+. The number of fused-ring (bicyclic) bond motifs is 3. The van der Waals surface area contributed by atoms with Gasteiger partial charge in [-0.15, -0.1) is 0 Å². The maximum absolute atomic E-state index is 13.5. The molecule has 3 aromatic rings. The molecule has 3 aromatic carbocycles. The quantitative estimate of drug-likeness (QED) is 0.349. The van der Waals surface area contributed by atoms with E-state index in [-0.39, 0.29) is 21.6 Å². The van der Waals surface area contributed by atoms with Crippen molar-refractivity contribution in [2.45, 2.75) is 51.5 Å². The first kappa shape index (κ1) is 28.3. The van der Waals surface area contributed by atoms with Crippen LogP contribution in [0, 0.1) is 0 Å². The molecule has 2 bridgehead atoms. The summed E-state index contributed by atoms with van der Waals surface area (Å²) in [5, 5.41) is 3.94. The smallest absolute Gasteiger partial charge is 0.337 e. The van der Waals surface area contributed by atoms with Crippen molar-refractivity contribution >= 4 is 58.2 Å². The van der Waals surface area contributed by atoms with Crippen molar-refractivity contribution in [3.8, 4) is 11.1 Å². The normalized spacial score (nSPS) is 21.8. The number of ether oxygens (including phenoxy) is 1. The van der Waals surface area contributed by atoms with E-state index < -0.39 is 5.97 Å². The molecule has 3 aliphatic heterocycles. The van der Waals surface area contributed by atoms with Crippen molar-refractivity contribution in [2.24, 2.45) is 0 Å². The molecule has 0 spiro atoms. The van der Waals surface area contributed by atoms with E-state index in [2.05, 4.69) is 36.2 Å². The van der Waals surface area contributed by atoms with E-state index in [4.69, 9.17) is 39.5 Å². The second kappa shape index (κ2) is 11.1. The summed E-state index contributed by atoms with van der Waals surface area (Å²) < 4.78 is 4.84. The average molecular weight is 615 g/mol. The minimum absolute atomic E-state index is 0.168. The number of rotatable bonds is 6. The van der Waals surface area contributed by atoms with Gasteiger partial charge in [0.1, 0.15) is 12.6 Å². The summed E-state index contributed by atoms with van der Waals surface area (Å²) in [6, 6.07) is 16.4. The van der Waals surface area contributed by atoms with E-state index in [0.717, 1.165) is 41.9 Å². The molecule has 214 valence electrons. The number of halogens is 3. The lowest BCUT2D eigenvalue weighted by Crippen LogP contribution is -3.14. The van der Waals surface area contributed by atoms with Crippen molar-refractivity contribution in [2.75, 3.05) is 25.1 Å². The van der Waals surface area contributed by atoms with Gasteiger partial charge in [0.05, 0.1) is 53.2 Å². The Labute approximate surface area is 254 Å². The SMILES string of the molecule is COC(=O)c1cc(Cl)c(N2C(=O)NCc3c(-c4ccccc4Cl)cc(C[NH+]4CC5CC4CN5C(C)C)cc32)c(Cl)c1. The summed E-state index contributed by atoms with van der Waals surface area (Å²) in [6.07, 6.45) is 1.21.